The van der Waals surface area contributed by atoms with Gasteiger partial charge in [0.05, 0.1) is 17.1 Å². The number of nitro groups is 1. The second kappa shape index (κ2) is 7.00. The maximum atomic E-state index is 11.4. The summed E-state index contributed by atoms with van der Waals surface area (Å²) in [5, 5.41) is 30.2. The first-order valence-electron chi connectivity index (χ1n) is 5.51. The number of amides is 1. The molecule has 1 aromatic carbocycles. The fraction of sp³-hybridized carbons (Fsp3) is 0.167. The van der Waals surface area contributed by atoms with Crippen molar-refractivity contribution in [1.29, 1.82) is 0 Å². The van der Waals surface area contributed by atoms with E-state index in [-0.39, 0.29) is 11.3 Å². The van der Waals surface area contributed by atoms with E-state index in [1.807, 2.05) is 5.32 Å². The summed E-state index contributed by atoms with van der Waals surface area (Å²) in [5.74, 6) is -2.15. The first-order chi connectivity index (χ1) is 9.45. The van der Waals surface area contributed by atoms with Crippen LogP contribution in [0.5, 0.6) is 0 Å². The van der Waals surface area contributed by atoms with Crippen LogP contribution in [0.25, 0.3) is 6.08 Å². The number of nitrogens with one attached hydrogen (secondary N) is 1. The molecule has 3 N–H and O–H groups in total. The lowest BCUT2D eigenvalue weighted by Crippen LogP contribution is -2.42. The Hall–Kier alpha value is -2.74. The molecule has 0 fully saturated rings. The summed E-state index contributed by atoms with van der Waals surface area (Å²) in [6.07, 6.45) is 2.16. The van der Waals surface area contributed by atoms with Crippen molar-refractivity contribution in [2.24, 2.45) is 0 Å². The van der Waals surface area contributed by atoms with Crippen LogP contribution in [0.4, 0.5) is 5.69 Å². The minimum absolute atomic E-state index is 0.173. The summed E-state index contributed by atoms with van der Waals surface area (Å²) in [6.45, 7) is -0.750. The van der Waals surface area contributed by atoms with Crippen molar-refractivity contribution in [3.8, 4) is 0 Å². The lowest BCUT2D eigenvalue weighted by molar-refractivity contribution is -0.385. The third-order valence-electron chi connectivity index (χ3n) is 2.34. The number of hydrogen-bond acceptors (Lipinski definition) is 5. The van der Waals surface area contributed by atoms with Crippen molar-refractivity contribution in [3.05, 3.63) is 46.0 Å². The molecule has 0 saturated carbocycles. The second-order valence-corrected chi connectivity index (χ2v) is 3.73. The predicted octanol–water partition coefficient (Wildman–Crippen LogP) is 0.170. The molecular weight excluding hydrogens is 268 g/mol. The summed E-state index contributed by atoms with van der Waals surface area (Å²) in [7, 11) is 0. The number of aliphatic carboxylic acids is 1. The van der Waals surface area contributed by atoms with E-state index < -0.39 is 29.4 Å². The average molecular weight is 280 g/mol. The Bertz CT molecular complexity index is 555. The molecule has 0 radical (unpaired) electrons. The molecule has 0 aliphatic heterocycles. The zero-order chi connectivity index (χ0) is 15.1. The highest BCUT2D eigenvalue weighted by atomic mass is 16.6. The molecule has 0 spiro atoms. The summed E-state index contributed by atoms with van der Waals surface area (Å²) in [4.78, 5) is 32.2. The minimum atomic E-state index is -1.42. The number of carbonyl (C=O) groups is 2. The quantitative estimate of drug-likeness (QED) is 0.387. The number of carbonyl (C=O) groups excluding carboxylic acids is 1. The van der Waals surface area contributed by atoms with Gasteiger partial charge in [-0.15, -0.1) is 0 Å². The smallest absolute Gasteiger partial charge is 0.328 e. The number of benzene rings is 1. The summed E-state index contributed by atoms with van der Waals surface area (Å²) >= 11 is 0. The number of nitro benzene ring substituents is 1. The van der Waals surface area contributed by atoms with E-state index in [4.69, 9.17) is 10.2 Å². The Labute approximate surface area is 113 Å². The first-order valence-corrected chi connectivity index (χ1v) is 5.51. The molecule has 0 saturated heterocycles. The molecule has 0 unspecified atom stereocenters. The standard InChI is InChI=1S/C12H12N2O6/c15-7-9(12(17)18)13-11(16)6-5-8-3-1-2-4-10(8)14(19)20/h1-6,9,15H,7H2,(H,13,16)(H,17,18)/b6-5+/t9-/m0/s1. The summed E-state index contributed by atoms with van der Waals surface area (Å²) in [5.41, 5.74) is 0.0389. The zero-order valence-electron chi connectivity index (χ0n) is 10.2. The Morgan fingerprint density at radius 3 is 2.60 bits per heavy atom. The number of nitrogens with zero attached hydrogens (tertiary/aromatic N) is 1. The monoisotopic (exact) mass is 280 g/mol. The van der Waals surface area contributed by atoms with Gasteiger partial charge in [0.15, 0.2) is 6.04 Å². The number of aliphatic hydroxyl groups is 1. The van der Waals surface area contributed by atoms with Crippen molar-refractivity contribution < 1.29 is 24.7 Å². The van der Waals surface area contributed by atoms with Gasteiger partial charge >= 0.3 is 5.97 Å². The molecule has 20 heavy (non-hydrogen) atoms. The highest BCUT2D eigenvalue weighted by Crippen LogP contribution is 2.18. The van der Waals surface area contributed by atoms with Gasteiger partial charge in [-0.3, -0.25) is 14.9 Å². The van der Waals surface area contributed by atoms with E-state index in [0.29, 0.717) is 0 Å². The molecule has 0 aliphatic carbocycles. The molecule has 0 bridgehead atoms. The van der Waals surface area contributed by atoms with Gasteiger partial charge in [0.25, 0.3) is 5.69 Å². The Morgan fingerprint density at radius 1 is 1.40 bits per heavy atom. The van der Waals surface area contributed by atoms with Crippen LogP contribution in [0, 0.1) is 10.1 Å². The SMILES string of the molecule is O=C(/C=C/c1ccccc1[N+](=O)[O-])N[C@@H](CO)C(=O)O. The molecule has 1 aromatic rings. The van der Waals surface area contributed by atoms with Gasteiger partial charge in [-0.1, -0.05) is 12.1 Å². The highest BCUT2D eigenvalue weighted by Gasteiger charge is 2.17. The number of hydrogen-bond donors (Lipinski definition) is 3. The average Bonchev–Trinajstić information content (AvgIpc) is 2.42. The molecule has 8 heteroatoms. The zero-order valence-corrected chi connectivity index (χ0v) is 10.2. The number of carboxylic acid groups (broad SMARTS) is 1. The van der Waals surface area contributed by atoms with Gasteiger partial charge in [0.2, 0.25) is 5.91 Å². The molecule has 106 valence electrons. The predicted molar refractivity (Wildman–Crippen MR) is 68.8 cm³/mol. The van der Waals surface area contributed by atoms with E-state index in [1.165, 1.54) is 24.3 Å². The van der Waals surface area contributed by atoms with Crippen LogP contribution < -0.4 is 5.32 Å². The molecule has 1 atom stereocenters. The van der Waals surface area contributed by atoms with E-state index in [0.717, 1.165) is 6.08 Å². The van der Waals surface area contributed by atoms with E-state index >= 15 is 0 Å². The fourth-order valence-electron chi connectivity index (χ4n) is 1.37. The van der Waals surface area contributed by atoms with Crippen molar-refractivity contribution in [1.82, 2.24) is 5.32 Å². The third kappa shape index (κ3) is 4.18. The topological polar surface area (TPSA) is 130 Å². The Kier molecular flexibility index (Phi) is 5.36. The van der Waals surface area contributed by atoms with E-state index in [2.05, 4.69) is 0 Å². The van der Waals surface area contributed by atoms with Crippen LogP contribution >= 0.6 is 0 Å². The second-order valence-electron chi connectivity index (χ2n) is 3.73. The van der Waals surface area contributed by atoms with E-state index in [9.17, 15) is 19.7 Å². The van der Waals surface area contributed by atoms with Gasteiger partial charge in [-0.25, -0.2) is 4.79 Å². The van der Waals surface area contributed by atoms with Gasteiger partial charge in [0.1, 0.15) is 0 Å². The van der Waals surface area contributed by atoms with Crippen LogP contribution in [-0.2, 0) is 9.59 Å². The minimum Gasteiger partial charge on any atom is -0.480 e. The van der Waals surface area contributed by atoms with Crippen LogP contribution in [-0.4, -0.2) is 39.7 Å². The maximum Gasteiger partial charge on any atom is 0.328 e. The van der Waals surface area contributed by atoms with Crippen molar-refractivity contribution in [3.63, 3.8) is 0 Å². The Balaban J connectivity index is 2.80. The number of aliphatic hydroxyl groups excluding tert-OH is 1. The summed E-state index contributed by atoms with van der Waals surface area (Å²) < 4.78 is 0. The van der Waals surface area contributed by atoms with Gasteiger partial charge in [-0.2, -0.15) is 0 Å². The van der Waals surface area contributed by atoms with Gasteiger partial charge < -0.3 is 15.5 Å². The molecule has 0 aliphatic rings. The molecule has 0 heterocycles. The van der Waals surface area contributed by atoms with Crippen LogP contribution in [0.2, 0.25) is 0 Å². The molecule has 1 amide bonds. The van der Waals surface area contributed by atoms with Gasteiger partial charge in [-0.05, 0) is 12.1 Å². The molecule has 8 nitrogen and oxygen atoms in total. The first kappa shape index (κ1) is 15.3. The van der Waals surface area contributed by atoms with Gasteiger partial charge in [0, 0.05) is 12.1 Å². The third-order valence-corrected chi connectivity index (χ3v) is 2.34. The maximum absolute atomic E-state index is 11.4. The highest BCUT2D eigenvalue weighted by molar-refractivity contribution is 5.94. The molecule has 1 rings (SSSR count). The normalized spacial score (nSPS) is 12.1. The lowest BCUT2D eigenvalue weighted by atomic mass is 10.1. The van der Waals surface area contributed by atoms with Crippen molar-refractivity contribution in [2.45, 2.75) is 6.04 Å². The Morgan fingerprint density at radius 2 is 2.05 bits per heavy atom. The lowest BCUT2D eigenvalue weighted by Gasteiger charge is -2.09. The number of para-hydroxylation sites is 1. The number of carboxylic acids is 1. The largest absolute Gasteiger partial charge is 0.480 e. The number of rotatable bonds is 6. The summed E-state index contributed by atoms with van der Waals surface area (Å²) in [6, 6.07) is 4.37. The van der Waals surface area contributed by atoms with Crippen LogP contribution in [0.1, 0.15) is 5.56 Å². The molecular formula is C12H12N2O6. The van der Waals surface area contributed by atoms with E-state index in [1.54, 1.807) is 6.07 Å². The van der Waals surface area contributed by atoms with Crippen LogP contribution in [0.3, 0.4) is 0 Å². The van der Waals surface area contributed by atoms with Crippen molar-refractivity contribution >= 4 is 23.6 Å². The van der Waals surface area contributed by atoms with Crippen LogP contribution in [0.15, 0.2) is 30.3 Å². The fourth-order valence-corrected chi connectivity index (χ4v) is 1.37. The molecule has 0 aromatic heterocycles. The van der Waals surface area contributed by atoms with Crippen molar-refractivity contribution in [2.75, 3.05) is 6.61 Å².